The lowest BCUT2D eigenvalue weighted by Crippen LogP contribution is -2.12. The molecule has 4 rings (SSSR count). The number of alkyl halides is 1. The van der Waals surface area contributed by atoms with Crippen LogP contribution in [0.15, 0.2) is 77.3 Å². The molecule has 4 aromatic rings. The number of hydrogen-bond donors (Lipinski definition) is 1. The zero-order chi connectivity index (χ0) is 18.6. The van der Waals surface area contributed by atoms with Crippen molar-refractivity contribution in [1.82, 2.24) is 4.98 Å². The number of carbonyl (C=O) groups is 1. The van der Waals surface area contributed by atoms with E-state index in [9.17, 15) is 4.79 Å². The first-order chi connectivity index (χ1) is 13.2. The monoisotopic (exact) mass is 378 g/mol. The summed E-state index contributed by atoms with van der Waals surface area (Å²) in [5.74, 6) is 1.44. The minimum atomic E-state index is -0.279. The number of aromatic nitrogens is 1. The van der Waals surface area contributed by atoms with Crippen molar-refractivity contribution in [3.8, 4) is 22.8 Å². The Balaban J connectivity index is 1.65. The third-order valence-electron chi connectivity index (χ3n) is 3.90. The molecule has 2 aromatic heterocycles. The number of rotatable bonds is 5. The highest BCUT2D eigenvalue weighted by molar-refractivity contribution is 6.29. The summed E-state index contributed by atoms with van der Waals surface area (Å²) >= 11 is 5.53. The molecule has 0 fully saturated rings. The summed E-state index contributed by atoms with van der Waals surface area (Å²) in [4.78, 5) is 15.8. The SMILES string of the molecule is O=C(CCl)Nc1cccc(Oc2ccnc3cc(-c4ccccc4)oc23)c1. The molecular formula is C21H15ClN2O3. The Hall–Kier alpha value is -3.31. The second-order valence-electron chi connectivity index (χ2n) is 5.81. The number of fused-ring (bicyclic) bond motifs is 1. The Kier molecular flexibility index (Phi) is 4.77. The molecule has 0 aliphatic heterocycles. The number of pyridine rings is 1. The van der Waals surface area contributed by atoms with Gasteiger partial charge in [0.15, 0.2) is 11.3 Å². The van der Waals surface area contributed by atoms with Gasteiger partial charge in [-0.1, -0.05) is 36.4 Å². The predicted octanol–water partition coefficient (Wildman–Crippen LogP) is 5.46. The zero-order valence-electron chi connectivity index (χ0n) is 14.2. The van der Waals surface area contributed by atoms with Crippen LogP contribution < -0.4 is 10.1 Å². The van der Waals surface area contributed by atoms with Gasteiger partial charge in [-0.15, -0.1) is 11.6 Å². The third-order valence-corrected chi connectivity index (χ3v) is 4.14. The minimum Gasteiger partial charge on any atom is -0.453 e. The largest absolute Gasteiger partial charge is 0.453 e. The standard InChI is InChI=1S/C21H15ClN2O3/c22-13-20(25)24-15-7-4-8-16(11-15)26-18-9-10-23-17-12-19(27-21(17)18)14-5-2-1-3-6-14/h1-12H,13H2,(H,24,25). The van der Waals surface area contributed by atoms with Crippen LogP contribution in [0.3, 0.4) is 0 Å². The normalized spacial score (nSPS) is 10.7. The average Bonchev–Trinajstić information content (AvgIpc) is 3.14. The summed E-state index contributed by atoms with van der Waals surface area (Å²) in [7, 11) is 0. The number of anilines is 1. The highest BCUT2D eigenvalue weighted by atomic mass is 35.5. The van der Waals surface area contributed by atoms with E-state index < -0.39 is 0 Å². The van der Waals surface area contributed by atoms with E-state index in [4.69, 9.17) is 20.8 Å². The van der Waals surface area contributed by atoms with Crippen LogP contribution in [-0.2, 0) is 4.79 Å². The Bertz CT molecular complexity index is 1090. The van der Waals surface area contributed by atoms with Gasteiger partial charge in [0.1, 0.15) is 22.9 Å². The molecule has 27 heavy (non-hydrogen) atoms. The maximum absolute atomic E-state index is 11.5. The molecule has 1 N–H and O–H groups in total. The minimum absolute atomic E-state index is 0.106. The molecular weight excluding hydrogens is 364 g/mol. The van der Waals surface area contributed by atoms with E-state index in [0.717, 1.165) is 11.3 Å². The molecule has 0 spiro atoms. The van der Waals surface area contributed by atoms with Crippen molar-refractivity contribution in [3.63, 3.8) is 0 Å². The number of amides is 1. The van der Waals surface area contributed by atoms with Gasteiger partial charge in [0.2, 0.25) is 5.91 Å². The number of hydrogen-bond acceptors (Lipinski definition) is 4. The zero-order valence-corrected chi connectivity index (χ0v) is 14.9. The summed E-state index contributed by atoms with van der Waals surface area (Å²) in [5.41, 5.74) is 2.84. The molecule has 0 atom stereocenters. The number of ether oxygens (including phenoxy) is 1. The van der Waals surface area contributed by atoms with E-state index in [-0.39, 0.29) is 11.8 Å². The summed E-state index contributed by atoms with van der Waals surface area (Å²) in [5, 5.41) is 2.69. The number of furan rings is 1. The van der Waals surface area contributed by atoms with Crippen molar-refractivity contribution in [2.75, 3.05) is 11.2 Å². The number of benzene rings is 2. The van der Waals surface area contributed by atoms with Gasteiger partial charge < -0.3 is 14.5 Å². The van der Waals surface area contributed by atoms with Gasteiger partial charge in [0.05, 0.1) is 0 Å². The molecule has 0 unspecified atom stereocenters. The summed E-state index contributed by atoms with van der Waals surface area (Å²) < 4.78 is 12.0. The van der Waals surface area contributed by atoms with Crippen molar-refractivity contribution < 1.29 is 13.9 Å². The van der Waals surface area contributed by atoms with Crippen molar-refractivity contribution in [2.45, 2.75) is 0 Å². The van der Waals surface area contributed by atoms with Crippen molar-refractivity contribution in [3.05, 3.63) is 72.9 Å². The van der Waals surface area contributed by atoms with Crippen molar-refractivity contribution >= 4 is 34.3 Å². The maximum atomic E-state index is 11.5. The molecule has 6 heteroatoms. The number of nitrogens with zero attached hydrogens (tertiary/aromatic N) is 1. The van der Waals surface area contributed by atoms with Gasteiger partial charge in [-0.3, -0.25) is 9.78 Å². The third kappa shape index (κ3) is 3.78. The van der Waals surface area contributed by atoms with Crippen LogP contribution in [0.4, 0.5) is 5.69 Å². The molecule has 0 bridgehead atoms. The molecule has 5 nitrogen and oxygen atoms in total. The van der Waals surface area contributed by atoms with E-state index in [2.05, 4.69) is 10.3 Å². The van der Waals surface area contributed by atoms with E-state index >= 15 is 0 Å². The van der Waals surface area contributed by atoms with Gasteiger partial charge in [-0.2, -0.15) is 0 Å². The predicted molar refractivity (Wildman–Crippen MR) is 105 cm³/mol. The fourth-order valence-electron chi connectivity index (χ4n) is 2.70. The quantitative estimate of drug-likeness (QED) is 0.468. The van der Waals surface area contributed by atoms with Gasteiger partial charge in [-0.25, -0.2) is 0 Å². The number of nitrogens with one attached hydrogen (secondary N) is 1. The second kappa shape index (κ2) is 7.51. The van der Waals surface area contributed by atoms with Crippen LogP contribution in [0.5, 0.6) is 11.5 Å². The smallest absolute Gasteiger partial charge is 0.239 e. The molecule has 0 saturated heterocycles. The maximum Gasteiger partial charge on any atom is 0.239 e. The van der Waals surface area contributed by atoms with Gasteiger partial charge in [0, 0.05) is 35.6 Å². The molecule has 1 amide bonds. The fourth-order valence-corrected chi connectivity index (χ4v) is 2.77. The average molecular weight is 379 g/mol. The van der Waals surface area contributed by atoms with E-state index in [1.165, 1.54) is 0 Å². The molecule has 0 aliphatic rings. The Labute approximate surface area is 160 Å². The highest BCUT2D eigenvalue weighted by Crippen LogP contribution is 2.34. The van der Waals surface area contributed by atoms with Crippen LogP contribution in [-0.4, -0.2) is 16.8 Å². The van der Waals surface area contributed by atoms with Crippen LogP contribution in [0.1, 0.15) is 0 Å². The molecule has 2 heterocycles. The molecule has 0 radical (unpaired) electrons. The second-order valence-corrected chi connectivity index (χ2v) is 6.08. The molecule has 0 aliphatic carbocycles. The Morgan fingerprint density at radius 1 is 1.07 bits per heavy atom. The van der Waals surface area contributed by atoms with Crippen LogP contribution in [0.2, 0.25) is 0 Å². The summed E-state index contributed by atoms with van der Waals surface area (Å²) in [6.45, 7) is 0. The number of carbonyl (C=O) groups excluding carboxylic acids is 1. The Morgan fingerprint density at radius 2 is 1.93 bits per heavy atom. The lowest BCUT2D eigenvalue weighted by molar-refractivity contribution is -0.113. The fraction of sp³-hybridized carbons (Fsp3) is 0.0476. The summed E-state index contributed by atoms with van der Waals surface area (Å²) in [6.07, 6.45) is 1.67. The first kappa shape index (κ1) is 17.1. The van der Waals surface area contributed by atoms with E-state index in [0.29, 0.717) is 28.3 Å². The molecule has 0 saturated carbocycles. The highest BCUT2D eigenvalue weighted by Gasteiger charge is 2.13. The van der Waals surface area contributed by atoms with E-state index in [1.54, 1.807) is 36.5 Å². The van der Waals surface area contributed by atoms with Crippen molar-refractivity contribution in [1.29, 1.82) is 0 Å². The first-order valence-corrected chi connectivity index (χ1v) is 8.84. The molecule has 2 aromatic carbocycles. The van der Waals surface area contributed by atoms with E-state index in [1.807, 2.05) is 36.4 Å². The lowest BCUT2D eigenvalue weighted by atomic mass is 10.2. The van der Waals surface area contributed by atoms with Gasteiger partial charge in [-0.05, 0) is 12.1 Å². The topological polar surface area (TPSA) is 64.4 Å². The van der Waals surface area contributed by atoms with Crippen molar-refractivity contribution in [2.24, 2.45) is 0 Å². The van der Waals surface area contributed by atoms with Crippen LogP contribution in [0.25, 0.3) is 22.4 Å². The first-order valence-electron chi connectivity index (χ1n) is 8.30. The Morgan fingerprint density at radius 3 is 2.74 bits per heavy atom. The molecule has 134 valence electrons. The summed E-state index contributed by atoms with van der Waals surface area (Å²) in [6, 6.07) is 20.5. The van der Waals surface area contributed by atoms with Gasteiger partial charge in [0.25, 0.3) is 0 Å². The lowest BCUT2D eigenvalue weighted by Gasteiger charge is -2.08. The van der Waals surface area contributed by atoms with Gasteiger partial charge >= 0.3 is 0 Å². The number of halogens is 1. The van der Waals surface area contributed by atoms with Crippen LogP contribution in [0, 0.1) is 0 Å². The van der Waals surface area contributed by atoms with Crippen LogP contribution >= 0.6 is 11.6 Å².